The number of anilines is 1. The number of benzene rings is 1. The Morgan fingerprint density at radius 1 is 1.18 bits per heavy atom. The fourth-order valence-corrected chi connectivity index (χ4v) is 4.85. The molecule has 3 N–H and O–H groups in total. The maximum absolute atomic E-state index is 13.8. The van der Waals surface area contributed by atoms with Crippen LogP contribution in [0.1, 0.15) is 49.3 Å². The zero-order chi connectivity index (χ0) is 24.6. The Kier molecular flexibility index (Phi) is 9.50. The summed E-state index contributed by atoms with van der Waals surface area (Å²) in [6.45, 7) is 3.62. The van der Waals surface area contributed by atoms with Gasteiger partial charge in [-0.2, -0.15) is 13.2 Å². The van der Waals surface area contributed by atoms with E-state index < -0.39 is 32.7 Å². The number of alkyl halides is 3. The molecule has 7 nitrogen and oxygen atoms in total. The lowest BCUT2D eigenvalue weighted by atomic mass is 10.1. The molecule has 2 rings (SSSR count). The van der Waals surface area contributed by atoms with Crippen LogP contribution in [0.5, 0.6) is 5.88 Å². The summed E-state index contributed by atoms with van der Waals surface area (Å²) in [6, 6.07) is 4.26. The maximum atomic E-state index is 13.8. The molecule has 1 unspecified atom stereocenters. The summed E-state index contributed by atoms with van der Waals surface area (Å²) in [6.07, 6.45) is -0.898. The van der Waals surface area contributed by atoms with Crippen LogP contribution in [0, 0.1) is 6.92 Å². The van der Waals surface area contributed by atoms with Crippen LogP contribution in [0.2, 0.25) is 0 Å². The summed E-state index contributed by atoms with van der Waals surface area (Å²) in [5.74, 6) is 0.356. The van der Waals surface area contributed by atoms with E-state index >= 15 is 0 Å². The average Bonchev–Trinajstić information content (AvgIpc) is 2.74. The van der Waals surface area contributed by atoms with Gasteiger partial charge in [-0.1, -0.05) is 12.8 Å². The first-order valence-corrected chi connectivity index (χ1v) is 12.0. The summed E-state index contributed by atoms with van der Waals surface area (Å²) >= 11 is 0. The minimum atomic E-state index is -4.87. The molecular formula is C22H30F3N3O4S. The van der Waals surface area contributed by atoms with Gasteiger partial charge in [-0.25, -0.2) is 18.1 Å². The minimum Gasteiger partial charge on any atom is -0.481 e. The molecule has 1 heterocycles. The summed E-state index contributed by atoms with van der Waals surface area (Å²) in [7, 11) is -2.94. The SMILES string of the molecule is COc1nccc(C)c1CNc1ccc(S(=O)(=O)NC(C)CCCCCO)c(C(F)(F)F)c1. The first kappa shape index (κ1) is 26.9. The number of nitrogens with zero attached hydrogens (tertiary/aromatic N) is 1. The van der Waals surface area contributed by atoms with Crippen molar-refractivity contribution in [3.63, 3.8) is 0 Å². The van der Waals surface area contributed by atoms with Crippen molar-refractivity contribution in [2.24, 2.45) is 0 Å². The summed E-state index contributed by atoms with van der Waals surface area (Å²) < 4.78 is 74.2. The van der Waals surface area contributed by atoms with Crippen molar-refractivity contribution in [2.45, 2.75) is 63.2 Å². The van der Waals surface area contributed by atoms with Gasteiger partial charge in [-0.15, -0.1) is 0 Å². The number of sulfonamides is 1. The molecule has 0 amide bonds. The van der Waals surface area contributed by atoms with Crippen LogP contribution in [0.25, 0.3) is 0 Å². The monoisotopic (exact) mass is 489 g/mol. The van der Waals surface area contributed by atoms with Gasteiger partial charge in [-0.05, 0) is 56.5 Å². The Labute approximate surface area is 192 Å². The number of ether oxygens (including phenoxy) is 1. The third-order valence-electron chi connectivity index (χ3n) is 5.14. The molecule has 0 aliphatic carbocycles. The molecule has 0 aliphatic heterocycles. The number of aliphatic hydroxyl groups excluding tert-OH is 1. The zero-order valence-electron chi connectivity index (χ0n) is 18.9. The molecule has 0 bridgehead atoms. The van der Waals surface area contributed by atoms with E-state index in [2.05, 4.69) is 15.0 Å². The normalized spacial score (nSPS) is 13.1. The highest BCUT2D eigenvalue weighted by Crippen LogP contribution is 2.36. The largest absolute Gasteiger partial charge is 0.481 e. The van der Waals surface area contributed by atoms with Crippen molar-refractivity contribution in [3.05, 3.63) is 47.2 Å². The number of pyridine rings is 1. The number of methoxy groups -OCH3 is 1. The van der Waals surface area contributed by atoms with E-state index in [-0.39, 0.29) is 18.8 Å². The number of hydrogen-bond donors (Lipinski definition) is 3. The lowest BCUT2D eigenvalue weighted by molar-refractivity contribution is -0.139. The van der Waals surface area contributed by atoms with Crippen molar-refractivity contribution in [2.75, 3.05) is 19.0 Å². The molecule has 0 fully saturated rings. The number of unbranched alkanes of at least 4 members (excludes halogenated alkanes) is 2. The highest BCUT2D eigenvalue weighted by Gasteiger charge is 2.37. The van der Waals surface area contributed by atoms with Gasteiger partial charge < -0.3 is 15.2 Å². The Morgan fingerprint density at radius 2 is 1.91 bits per heavy atom. The first-order valence-electron chi connectivity index (χ1n) is 10.6. The molecule has 184 valence electrons. The number of aliphatic hydroxyl groups is 1. The number of aromatic nitrogens is 1. The van der Waals surface area contributed by atoms with Gasteiger partial charge in [0.25, 0.3) is 0 Å². The van der Waals surface area contributed by atoms with E-state index in [0.717, 1.165) is 17.7 Å². The van der Waals surface area contributed by atoms with Gasteiger partial charge in [0.1, 0.15) is 0 Å². The predicted molar refractivity (Wildman–Crippen MR) is 120 cm³/mol. The average molecular weight is 490 g/mol. The minimum absolute atomic E-state index is 0.0442. The second-order valence-electron chi connectivity index (χ2n) is 7.77. The molecule has 1 aromatic carbocycles. The number of hydrogen-bond acceptors (Lipinski definition) is 6. The molecule has 0 spiro atoms. The van der Waals surface area contributed by atoms with E-state index in [0.29, 0.717) is 37.1 Å². The molecule has 1 atom stereocenters. The molecule has 33 heavy (non-hydrogen) atoms. The molecule has 0 radical (unpaired) electrons. The number of rotatable bonds is 12. The smallest absolute Gasteiger partial charge is 0.417 e. The lowest BCUT2D eigenvalue weighted by Crippen LogP contribution is -2.33. The Balaban J connectivity index is 2.24. The van der Waals surface area contributed by atoms with Crippen molar-refractivity contribution in [1.82, 2.24) is 9.71 Å². The van der Waals surface area contributed by atoms with E-state index in [9.17, 15) is 21.6 Å². The molecule has 11 heteroatoms. The van der Waals surface area contributed by atoms with Gasteiger partial charge in [0, 0.05) is 36.6 Å². The molecule has 0 saturated heterocycles. The van der Waals surface area contributed by atoms with E-state index in [1.165, 1.54) is 13.2 Å². The van der Waals surface area contributed by atoms with Crippen molar-refractivity contribution in [3.8, 4) is 5.88 Å². The molecule has 0 aliphatic rings. The van der Waals surface area contributed by atoms with Gasteiger partial charge in [0.05, 0.1) is 17.6 Å². The van der Waals surface area contributed by atoms with Crippen molar-refractivity contribution >= 4 is 15.7 Å². The first-order chi connectivity index (χ1) is 15.5. The van der Waals surface area contributed by atoms with Crippen molar-refractivity contribution < 1.29 is 31.4 Å². The van der Waals surface area contributed by atoms with Crippen LogP contribution in [-0.2, 0) is 22.7 Å². The third-order valence-corrected chi connectivity index (χ3v) is 6.79. The fourth-order valence-electron chi connectivity index (χ4n) is 3.37. The molecular weight excluding hydrogens is 459 g/mol. The Bertz CT molecular complexity index is 1030. The predicted octanol–water partition coefficient (Wildman–Crippen LogP) is 4.25. The van der Waals surface area contributed by atoms with Crippen LogP contribution in [-0.4, -0.2) is 38.3 Å². The second kappa shape index (κ2) is 11.7. The summed E-state index contributed by atoms with van der Waals surface area (Å²) in [5, 5.41) is 11.7. The van der Waals surface area contributed by atoms with Gasteiger partial charge in [0.2, 0.25) is 15.9 Å². The van der Waals surface area contributed by atoms with E-state index in [4.69, 9.17) is 9.84 Å². The van der Waals surface area contributed by atoms with Crippen LogP contribution in [0.3, 0.4) is 0 Å². The van der Waals surface area contributed by atoms with Gasteiger partial charge in [0.15, 0.2) is 0 Å². The highest BCUT2D eigenvalue weighted by atomic mass is 32.2. The zero-order valence-corrected chi connectivity index (χ0v) is 19.7. The van der Waals surface area contributed by atoms with Crippen molar-refractivity contribution in [1.29, 1.82) is 0 Å². The maximum Gasteiger partial charge on any atom is 0.417 e. The lowest BCUT2D eigenvalue weighted by Gasteiger charge is -2.19. The van der Waals surface area contributed by atoms with Gasteiger partial charge in [-0.3, -0.25) is 0 Å². The second-order valence-corrected chi connectivity index (χ2v) is 9.46. The highest BCUT2D eigenvalue weighted by molar-refractivity contribution is 7.89. The summed E-state index contributed by atoms with van der Waals surface area (Å²) in [5.41, 5.74) is 0.398. The molecule has 2 aromatic rings. The molecule has 1 aromatic heterocycles. The third kappa shape index (κ3) is 7.58. The quantitative estimate of drug-likeness (QED) is 0.386. The van der Waals surface area contributed by atoms with Crippen LogP contribution >= 0.6 is 0 Å². The van der Waals surface area contributed by atoms with E-state index in [1.54, 1.807) is 19.2 Å². The standard InChI is InChI=1S/C22H30F3N3O4S/c1-15-10-11-26-21(32-3)18(15)14-27-17-8-9-20(19(13-17)22(23,24)25)33(30,31)28-16(2)7-5-4-6-12-29/h8-11,13,16,27-29H,4-7,12,14H2,1-3H3. The topological polar surface area (TPSA) is 101 Å². The Hall–Kier alpha value is -2.37. The molecule has 0 saturated carbocycles. The number of nitrogens with one attached hydrogen (secondary N) is 2. The fraction of sp³-hybridized carbons (Fsp3) is 0.500. The number of aryl methyl sites for hydroxylation is 1. The number of halogens is 3. The van der Waals surface area contributed by atoms with Crippen LogP contribution in [0.15, 0.2) is 35.4 Å². The Morgan fingerprint density at radius 3 is 2.55 bits per heavy atom. The van der Waals surface area contributed by atoms with Gasteiger partial charge >= 0.3 is 6.18 Å². The van der Waals surface area contributed by atoms with Crippen LogP contribution in [0.4, 0.5) is 18.9 Å². The van der Waals surface area contributed by atoms with Crippen LogP contribution < -0.4 is 14.8 Å². The summed E-state index contributed by atoms with van der Waals surface area (Å²) in [4.78, 5) is 3.27. The van der Waals surface area contributed by atoms with E-state index in [1.807, 2.05) is 6.92 Å².